The number of hydrogen-bond acceptors (Lipinski definition) is 3. The van der Waals surface area contributed by atoms with Gasteiger partial charge in [-0.25, -0.2) is 9.69 Å². The Morgan fingerprint density at radius 2 is 1.92 bits per heavy atom. The van der Waals surface area contributed by atoms with Crippen LogP contribution in [0.1, 0.15) is 37.7 Å². The first kappa shape index (κ1) is 15.4. The third-order valence-electron chi connectivity index (χ3n) is 5.55. The maximum absolute atomic E-state index is 13.2. The van der Waals surface area contributed by atoms with Crippen molar-refractivity contribution < 1.29 is 22.8 Å². The van der Waals surface area contributed by atoms with Crippen LogP contribution in [0.3, 0.4) is 0 Å². The van der Waals surface area contributed by atoms with Crippen LogP contribution >= 0.6 is 0 Å². The third kappa shape index (κ3) is 2.12. The van der Waals surface area contributed by atoms with E-state index in [1.165, 1.54) is 6.42 Å². The summed E-state index contributed by atoms with van der Waals surface area (Å²) in [5.74, 6) is 0.360. The minimum Gasteiger partial charge on any atom is -0.323 e. The molecule has 3 fully saturated rings. The van der Waals surface area contributed by atoms with Gasteiger partial charge in [0.25, 0.3) is 5.91 Å². The van der Waals surface area contributed by atoms with Gasteiger partial charge in [0.15, 0.2) is 0 Å². The van der Waals surface area contributed by atoms with E-state index in [1.807, 2.05) is 0 Å². The summed E-state index contributed by atoms with van der Waals surface area (Å²) in [7, 11) is 0. The molecule has 2 aliphatic carbocycles. The van der Waals surface area contributed by atoms with Crippen molar-refractivity contribution in [2.75, 3.05) is 4.90 Å². The number of alkyl halides is 3. The lowest BCUT2D eigenvalue weighted by atomic mass is 9.58. The number of hydrogen-bond donors (Lipinski definition) is 1. The number of carbonyl (C=O) groups excluding carboxylic acids is 2. The Hall–Kier alpha value is -2.12. The van der Waals surface area contributed by atoms with Gasteiger partial charge in [-0.05, 0) is 30.7 Å². The van der Waals surface area contributed by atoms with Crippen molar-refractivity contribution in [1.82, 2.24) is 10.3 Å². The van der Waals surface area contributed by atoms with Crippen molar-refractivity contribution in [1.29, 1.82) is 0 Å². The van der Waals surface area contributed by atoms with Crippen molar-refractivity contribution in [2.24, 2.45) is 11.8 Å². The minimum atomic E-state index is -4.66. The van der Waals surface area contributed by atoms with Crippen LogP contribution in [0.15, 0.2) is 18.5 Å². The quantitative estimate of drug-likeness (QED) is 0.842. The van der Waals surface area contributed by atoms with Crippen molar-refractivity contribution in [3.63, 3.8) is 0 Å². The summed E-state index contributed by atoms with van der Waals surface area (Å²) in [6.45, 7) is 0. The van der Waals surface area contributed by atoms with Gasteiger partial charge < -0.3 is 5.32 Å². The molecule has 1 N–H and O–H groups in total. The summed E-state index contributed by atoms with van der Waals surface area (Å²) in [5, 5.41) is 2.62. The van der Waals surface area contributed by atoms with E-state index in [9.17, 15) is 22.8 Å². The summed E-state index contributed by atoms with van der Waals surface area (Å²) in [5.41, 5.74) is -2.57. The molecule has 1 saturated heterocycles. The summed E-state index contributed by atoms with van der Waals surface area (Å²) in [4.78, 5) is 29.2. The van der Waals surface area contributed by atoms with E-state index in [0.717, 1.165) is 31.3 Å². The molecule has 1 aliphatic heterocycles. The topological polar surface area (TPSA) is 62.3 Å². The Morgan fingerprint density at radius 3 is 2.50 bits per heavy atom. The van der Waals surface area contributed by atoms with Gasteiger partial charge >= 0.3 is 12.2 Å². The monoisotopic (exact) mass is 339 g/mol. The van der Waals surface area contributed by atoms with Gasteiger partial charge in [-0.15, -0.1) is 0 Å². The molecule has 0 atom stereocenters. The number of pyridine rings is 1. The third-order valence-corrected chi connectivity index (χ3v) is 5.55. The van der Waals surface area contributed by atoms with Gasteiger partial charge in [-0.1, -0.05) is 19.3 Å². The Balaban J connectivity index is 1.62. The van der Waals surface area contributed by atoms with Crippen molar-refractivity contribution in [3.8, 4) is 0 Å². The second-order valence-electron chi connectivity index (χ2n) is 6.90. The largest absolute Gasteiger partial charge is 0.418 e. The van der Waals surface area contributed by atoms with Crippen LogP contribution in [-0.2, 0) is 11.0 Å². The van der Waals surface area contributed by atoms with Crippen LogP contribution in [0.2, 0.25) is 0 Å². The molecule has 3 amide bonds. The number of nitrogens with one attached hydrogen (secondary N) is 1. The number of imide groups is 1. The van der Waals surface area contributed by atoms with Crippen LogP contribution in [0, 0.1) is 11.8 Å². The first-order chi connectivity index (χ1) is 11.3. The molecule has 8 heteroatoms. The van der Waals surface area contributed by atoms with Crippen LogP contribution in [0.25, 0.3) is 0 Å². The Bertz CT molecular complexity index is 709. The van der Waals surface area contributed by atoms with Gasteiger partial charge in [0, 0.05) is 6.20 Å². The minimum absolute atomic E-state index is 0.374. The molecule has 2 saturated carbocycles. The standard InChI is InChI=1S/C16H16F3N3O2/c17-16(18,19)11-4-5-20-8-12(11)22-13(23)15(21-14(22)24)6-10(7-15)9-2-1-3-9/h4-5,8-10H,1-3,6-7H2,(H,21,24). The molecule has 1 spiro atoms. The molecule has 3 aliphatic rings. The predicted octanol–water partition coefficient (Wildman–Crippen LogP) is 3.11. The summed E-state index contributed by atoms with van der Waals surface area (Å²) in [6.07, 6.45) is 1.73. The van der Waals surface area contributed by atoms with Gasteiger partial charge in [0.05, 0.1) is 17.4 Å². The molecule has 4 rings (SSSR count). The smallest absolute Gasteiger partial charge is 0.323 e. The number of anilines is 1. The molecule has 0 unspecified atom stereocenters. The predicted molar refractivity (Wildman–Crippen MR) is 78.1 cm³/mol. The van der Waals surface area contributed by atoms with Crippen molar-refractivity contribution >= 4 is 17.6 Å². The molecule has 0 aromatic carbocycles. The van der Waals surface area contributed by atoms with E-state index in [1.54, 1.807) is 0 Å². The molecule has 0 radical (unpaired) electrons. The molecular formula is C16H16F3N3O2. The number of amides is 3. The highest BCUT2D eigenvalue weighted by atomic mass is 19.4. The van der Waals surface area contributed by atoms with E-state index in [0.29, 0.717) is 29.6 Å². The molecule has 24 heavy (non-hydrogen) atoms. The van der Waals surface area contributed by atoms with E-state index in [2.05, 4.69) is 10.3 Å². The molecule has 1 aromatic heterocycles. The fourth-order valence-electron chi connectivity index (χ4n) is 4.00. The molecule has 1 aromatic rings. The van der Waals surface area contributed by atoms with Crippen LogP contribution in [0.4, 0.5) is 23.7 Å². The first-order valence-electron chi connectivity index (χ1n) is 8.00. The lowest BCUT2D eigenvalue weighted by Gasteiger charge is -2.49. The highest BCUT2D eigenvalue weighted by Gasteiger charge is 2.61. The number of aromatic nitrogens is 1. The van der Waals surface area contributed by atoms with Gasteiger partial charge in [-0.2, -0.15) is 13.2 Å². The second kappa shape index (κ2) is 4.94. The number of halogens is 3. The number of carbonyl (C=O) groups is 2. The highest BCUT2D eigenvalue weighted by molar-refractivity contribution is 6.24. The zero-order valence-corrected chi connectivity index (χ0v) is 12.8. The SMILES string of the molecule is O=C1NC2(CC(C3CCC3)C2)C(=O)N1c1cnccc1C(F)(F)F. The fraction of sp³-hybridized carbons (Fsp3) is 0.562. The average Bonchev–Trinajstić information content (AvgIpc) is 2.67. The second-order valence-corrected chi connectivity index (χ2v) is 6.90. The summed E-state index contributed by atoms with van der Waals surface area (Å²) < 4.78 is 39.5. The fourth-order valence-corrected chi connectivity index (χ4v) is 4.00. The normalized spacial score (nSPS) is 30.3. The number of urea groups is 1. The average molecular weight is 339 g/mol. The molecule has 5 nitrogen and oxygen atoms in total. The van der Waals surface area contributed by atoms with E-state index < -0.39 is 34.9 Å². The summed E-state index contributed by atoms with van der Waals surface area (Å²) in [6, 6.07) is -0.0238. The van der Waals surface area contributed by atoms with E-state index >= 15 is 0 Å². The highest BCUT2D eigenvalue weighted by Crippen LogP contribution is 2.51. The first-order valence-corrected chi connectivity index (χ1v) is 8.00. The Morgan fingerprint density at radius 1 is 1.21 bits per heavy atom. The van der Waals surface area contributed by atoms with Gasteiger partial charge in [0.2, 0.25) is 0 Å². The molecule has 128 valence electrons. The maximum atomic E-state index is 13.2. The lowest BCUT2D eigenvalue weighted by Crippen LogP contribution is -2.59. The van der Waals surface area contributed by atoms with Crippen LogP contribution < -0.4 is 10.2 Å². The van der Waals surface area contributed by atoms with E-state index in [-0.39, 0.29) is 0 Å². The molecule has 0 bridgehead atoms. The maximum Gasteiger partial charge on any atom is 0.418 e. The number of nitrogens with zero attached hydrogens (tertiary/aromatic N) is 2. The van der Waals surface area contributed by atoms with E-state index in [4.69, 9.17) is 0 Å². The Kier molecular flexibility index (Phi) is 3.17. The van der Waals surface area contributed by atoms with Crippen molar-refractivity contribution in [3.05, 3.63) is 24.0 Å². The molecule has 2 heterocycles. The molecular weight excluding hydrogens is 323 g/mol. The van der Waals surface area contributed by atoms with Crippen molar-refractivity contribution in [2.45, 2.75) is 43.8 Å². The Labute approximate surface area is 136 Å². The number of rotatable bonds is 2. The van der Waals surface area contributed by atoms with Crippen LogP contribution in [0.5, 0.6) is 0 Å². The zero-order valence-electron chi connectivity index (χ0n) is 12.8. The van der Waals surface area contributed by atoms with Crippen LogP contribution in [-0.4, -0.2) is 22.5 Å². The van der Waals surface area contributed by atoms with Gasteiger partial charge in [-0.3, -0.25) is 9.78 Å². The van der Waals surface area contributed by atoms with Gasteiger partial charge in [0.1, 0.15) is 5.54 Å². The zero-order chi connectivity index (χ0) is 17.1. The summed E-state index contributed by atoms with van der Waals surface area (Å²) >= 11 is 0. The lowest BCUT2D eigenvalue weighted by molar-refractivity contribution is -0.137.